The summed E-state index contributed by atoms with van der Waals surface area (Å²) >= 11 is 0. The SMILES string of the molecule is CCn1cc(S(N)(=O)=O)cc1C(=O)N1CC(C)CCC1C. The summed E-state index contributed by atoms with van der Waals surface area (Å²) in [5.74, 6) is 0.346. The van der Waals surface area contributed by atoms with Crippen LogP contribution in [0.25, 0.3) is 0 Å². The van der Waals surface area contributed by atoms with Gasteiger partial charge in [0.1, 0.15) is 10.6 Å². The summed E-state index contributed by atoms with van der Waals surface area (Å²) in [5, 5.41) is 5.16. The van der Waals surface area contributed by atoms with Crippen molar-refractivity contribution in [2.45, 2.75) is 51.1 Å². The van der Waals surface area contributed by atoms with Crippen LogP contribution in [0.5, 0.6) is 0 Å². The molecule has 0 bridgehead atoms. The highest BCUT2D eigenvalue weighted by Gasteiger charge is 2.30. The fourth-order valence-corrected chi connectivity index (χ4v) is 3.35. The predicted octanol–water partition coefficient (Wildman–Crippen LogP) is 1.42. The zero-order chi connectivity index (χ0) is 15.8. The van der Waals surface area contributed by atoms with Gasteiger partial charge in [-0.05, 0) is 38.7 Å². The van der Waals surface area contributed by atoms with Gasteiger partial charge in [0.2, 0.25) is 10.0 Å². The lowest BCUT2D eigenvalue weighted by molar-refractivity contribution is 0.0563. The minimum Gasteiger partial charge on any atom is -0.342 e. The molecule has 2 atom stereocenters. The van der Waals surface area contributed by atoms with Gasteiger partial charge in [-0.15, -0.1) is 0 Å². The Kier molecular flexibility index (Phi) is 4.43. The van der Waals surface area contributed by atoms with Crippen LogP contribution in [0.15, 0.2) is 17.2 Å². The second kappa shape index (κ2) is 5.81. The van der Waals surface area contributed by atoms with Gasteiger partial charge in [0.15, 0.2) is 0 Å². The molecule has 0 saturated carbocycles. The van der Waals surface area contributed by atoms with E-state index >= 15 is 0 Å². The Morgan fingerprint density at radius 1 is 1.38 bits per heavy atom. The van der Waals surface area contributed by atoms with Crippen molar-refractivity contribution in [1.29, 1.82) is 0 Å². The summed E-state index contributed by atoms with van der Waals surface area (Å²) in [5.41, 5.74) is 0.391. The summed E-state index contributed by atoms with van der Waals surface area (Å²) in [6.45, 7) is 7.25. The molecular formula is C14H23N3O3S. The molecule has 1 fully saturated rings. The summed E-state index contributed by atoms with van der Waals surface area (Å²) in [6, 6.07) is 1.56. The molecule has 21 heavy (non-hydrogen) atoms. The van der Waals surface area contributed by atoms with Gasteiger partial charge in [-0.3, -0.25) is 4.79 Å². The average molecular weight is 313 g/mol. The summed E-state index contributed by atoms with van der Waals surface area (Å²) in [6.07, 6.45) is 3.52. The van der Waals surface area contributed by atoms with Gasteiger partial charge in [0.25, 0.3) is 5.91 Å². The average Bonchev–Trinajstić information content (AvgIpc) is 2.85. The number of primary sulfonamides is 1. The van der Waals surface area contributed by atoms with Crippen LogP contribution in [-0.4, -0.2) is 36.4 Å². The molecule has 2 unspecified atom stereocenters. The van der Waals surface area contributed by atoms with E-state index in [1.165, 1.54) is 12.3 Å². The van der Waals surface area contributed by atoms with E-state index in [0.717, 1.165) is 12.8 Å². The first-order chi connectivity index (χ1) is 9.74. The highest BCUT2D eigenvalue weighted by molar-refractivity contribution is 7.89. The van der Waals surface area contributed by atoms with Crippen molar-refractivity contribution in [3.8, 4) is 0 Å². The van der Waals surface area contributed by atoms with E-state index in [-0.39, 0.29) is 16.8 Å². The van der Waals surface area contributed by atoms with Crippen molar-refractivity contribution in [2.75, 3.05) is 6.54 Å². The lowest BCUT2D eigenvalue weighted by Crippen LogP contribution is -2.45. The second-order valence-corrected chi connectivity index (χ2v) is 7.44. The Labute approximate surface area is 126 Å². The van der Waals surface area contributed by atoms with E-state index in [2.05, 4.69) is 6.92 Å². The molecular weight excluding hydrogens is 290 g/mol. The Hall–Kier alpha value is -1.34. The van der Waals surface area contributed by atoms with Crippen LogP contribution in [0.2, 0.25) is 0 Å². The zero-order valence-electron chi connectivity index (χ0n) is 12.7. The summed E-state index contributed by atoms with van der Waals surface area (Å²) in [4.78, 5) is 14.6. The molecule has 2 heterocycles. The summed E-state index contributed by atoms with van der Waals surface area (Å²) < 4.78 is 24.6. The third-order valence-electron chi connectivity index (χ3n) is 4.14. The van der Waals surface area contributed by atoms with Gasteiger partial charge < -0.3 is 9.47 Å². The molecule has 2 N–H and O–H groups in total. The highest BCUT2D eigenvalue weighted by Crippen LogP contribution is 2.24. The van der Waals surface area contributed by atoms with Crippen LogP contribution in [0.3, 0.4) is 0 Å². The van der Waals surface area contributed by atoms with Crippen molar-refractivity contribution in [3.63, 3.8) is 0 Å². The first-order valence-corrected chi connectivity index (χ1v) is 8.82. The molecule has 2 rings (SSSR count). The number of hydrogen-bond donors (Lipinski definition) is 1. The molecule has 118 valence electrons. The van der Waals surface area contributed by atoms with Crippen molar-refractivity contribution in [3.05, 3.63) is 18.0 Å². The lowest BCUT2D eigenvalue weighted by atomic mass is 9.95. The number of aryl methyl sites for hydroxylation is 1. The fraction of sp³-hybridized carbons (Fsp3) is 0.643. The molecule has 0 spiro atoms. The first kappa shape index (κ1) is 16.0. The van der Waals surface area contributed by atoms with Gasteiger partial charge in [-0.25, -0.2) is 13.6 Å². The van der Waals surface area contributed by atoms with Gasteiger partial charge in [-0.2, -0.15) is 0 Å². The molecule has 1 aliphatic heterocycles. The summed E-state index contributed by atoms with van der Waals surface area (Å²) in [7, 11) is -3.79. The van der Waals surface area contributed by atoms with Crippen molar-refractivity contribution in [1.82, 2.24) is 9.47 Å². The van der Waals surface area contributed by atoms with Crippen molar-refractivity contribution < 1.29 is 13.2 Å². The maximum atomic E-state index is 12.7. The van der Waals surface area contributed by atoms with Gasteiger partial charge in [-0.1, -0.05) is 6.92 Å². The number of carbonyl (C=O) groups excluding carboxylic acids is 1. The maximum Gasteiger partial charge on any atom is 0.270 e. The monoisotopic (exact) mass is 313 g/mol. The number of sulfonamides is 1. The Bertz CT molecular complexity index is 636. The van der Waals surface area contributed by atoms with Crippen LogP contribution in [0.1, 0.15) is 44.1 Å². The van der Waals surface area contributed by atoms with E-state index in [4.69, 9.17) is 5.14 Å². The molecule has 7 heteroatoms. The van der Waals surface area contributed by atoms with E-state index < -0.39 is 10.0 Å². The van der Waals surface area contributed by atoms with E-state index in [1.54, 1.807) is 4.57 Å². The minimum atomic E-state index is -3.79. The zero-order valence-corrected chi connectivity index (χ0v) is 13.6. The number of nitrogens with zero attached hydrogens (tertiary/aromatic N) is 2. The minimum absolute atomic E-state index is 0.00888. The number of likely N-dealkylation sites (tertiary alicyclic amines) is 1. The number of carbonyl (C=O) groups is 1. The normalized spacial score (nSPS) is 23.3. The number of piperidine rings is 1. The number of hydrogen-bond acceptors (Lipinski definition) is 3. The third-order valence-corrected chi connectivity index (χ3v) is 5.02. The molecule has 1 aromatic heterocycles. The van der Waals surface area contributed by atoms with Crippen LogP contribution in [0.4, 0.5) is 0 Å². The van der Waals surface area contributed by atoms with Crippen molar-refractivity contribution >= 4 is 15.9 Å². The number of rotatable bonds is 3. The standard InChI is InChI=1S/C14H23N3O3S/c1-4-16-9-12(21(15,19)20)7-13(16)14(18)17-8-10(2)5-6-11(17)3/h7,9-11H,4-6,8H2,1-3H3,(H2,15,19,20). The Morgan fingerprint density at radius 3 is 2.62 bits per heavy atom. The van der Waals surface area contributed by atoms with Crippen LogP contribution < -0.4 is 5.14 Å². The quantitative estimate of drug-likeness (QED) is 0.915. The highest BCUT2D eigenvalue weighted by atomic mass is 32.2. The molecule has 1 amide bonds. The van der Waals surface area contributed by atoms with E-state index in [1.807, 2.05) is 18.7 Å². The number of aromatic nitrogens is 1. The topological polar surface area (TPSA) is 85.4 Å². The Morgan fingerprint density at radius 2 is 2.05 bits per heavy atom. The molecule has 1 saturated heterocycles. The lowest BCUT2D eigenvalue weighted by Gasteiger charge is -2.36. The van der Waals surface area contributed by atoms with Crippen LogP contribution >= 0.6 is 0 Å². The smallest absolute Gasteiger partial charge is 0.270 e. The molecule has 0 aromatic carbocycles. The van der Waals surface area contributed by atoms with Crippen LogP contribution in [-0.2, 0) is 16.6 Å². The fourth-order valence-electron chi connectivity index (χ4n) is 2.80. The van der Waals surface area contributed by atoms with Gasteiger partial charge in [0, 0.05) is 25.3 Å². The second-order valence-electron chi connectivity index (χ2n) is 5.88. The maximum absolute atomic E-state index is 12.7. The molecule has 6 nitrogen and oxygen atoms in total. The van der Waals surface area contributed by atoms with E-state index in [0.29, 0.717) is 24.7 Å². The van der Waals surface area contributed by atoms with Crippen LogP contribution in [0, 0.1) is 5.92 Å². The molecule has 0 aliphatic carbocycles. The Balaban J connectivity index is 2.36. The number of nitrogens with two attached hydrogens (primary N) is 1. The third kappa shape index (κ3) is 3.29. The predicted molar refractivity (Wildman–Crippen MR) is 80.4 cm³/mol. The van der Waals surface area contributed by atoms with Gasteiger partial charge in [0.05, 0.1) is 0 Å². The largest absolute Gasteiger partial charge is 0.342 e. The number of amides is 1. The molecule has 1 aliphatic rings. The first-order valence-electron chi connectivity index (χ1n) is 7.28. The van der Waals surface area contributed by atoms with E-state index in [9.17, 15) is 13.2 Å². The molecule has 0 radical (unpaired) electrons. The molecule has 1 aromatic rings. The van der Waals surface area contributed by atoms with Crippen molar-refractivity contribution in [2.24, 2.45) is 11.1 Å². The van der Waals surface area contributed by atoms with Gasteiger partial charge >= 0.3 is 0 Å².